The third kappa shape index (κ3) is 2.81. The lowest BCUT2D eigenvalue weighted by molar-refractivity contribution is 0.456. The minimum Gasteiger partial charge on any atom is -0.381 e. The molecule has 18 heavy (non-hydrogen) atoms. The van der Waals surface area contributed by atoms with Crippen molar-refractivity contribution in [2.24, 2.45) is 5.92 Å². The minimum atomic E-state index is -0.441. The lowest BCUT2D eigenvalue weighted by Gasteiger charge is -2.24. The highest BCUT2D eigenvalue weighted by Gasteiger charge is 2.21. The molecule has 1 N–H and O–H groups in total. The maximum atomic E-state index is 13.5. The van der Waals surface area contributed by atoms with Gasteiger partial charge in [-0.1, -0.05) is 32.3 Å². The van der Waals surface area contributed by atoms with Gasteiger partial charge in [-0.15, -0.1) is 0 Å². The lowest BCUT2D eigenvalue weighted by atomic mass is 9.96. The number of anilines is 1. The largest absolute Gasteiger partial charge is 0.381 e. The van der Waals surface area contributed by atoms with E-state index in [1.807, 2.05) is 6.07 Å². The Morgan fingerprint density at radius 1 is 1.28 bits per heavy atom. The van der Waals surface area contributed by atoms with Crippen LogP contribution in [-0.4, -0.2) is 6.04 Å². The summed E-state index contributed by atoms with van der Waals surface area (Å²) in [6, 6.07) is 7.07. The summed E-state index contributed by atoms with van der Waals surface area (Å²) in [7, 11) is 0. The molecule has 0 radical (unpaired) electrons. The fourth-order valence-electron chi connectivity index (χ4n) is 2.67. The van der Waals surface area contributed by atoms with Gasteiger partial charge in [-0.05, 0) is 30.9 Å². The lowest BCUT2D eigenvalue weighted by Crippen LogP contribution is -2.26. The molecule has 0 bridgehead atoms. The van der Waals surface area contributed by atoms with Gasteiger partial charge in [0.25, 0.3) is 0 Å². The Kier molecular flexibility index (Phi) is 4.19. The van der Waals surface area contributed by atoms with Gasteiger partial charge in [0.05, 0.1) is 5.69 Å². The predicted octanol–water partition coefficient (Wildman–Crippen LogP) is 4.08. The van der Waals surface area contributed by atoms with Gasteiger partial charge in [0.15, 0.2) is 0 Å². The van der Waals surface area contributed by atoms with Crippen LogP contribution < -0.4 is 5.32 Å². The number of rotatable bonds is 2. The van der Waals surface area contributed by atoms with Gasteiger partial charge in [0, 0.05) is 6.04 Å². The summed E-state index contributed by atoms with van der Waals surface area (Å²) in [5, 5.41) is 12.4. The highest BCUT2D eigenvalue weighted by Crippen LogP contribution is 2.27. The van der Waals surface area contributed by atoms with Gasteiger partial charge < -0.3 is 5.32 Å². The second-order valence-corrected chi connectivity index (χ2v) is 5.14. The monoisotopic (exact) mass is 246 g/mol. The van der Waals surface area contributed by atoms with Gasteiger partial charge in [-0.3, -0.25) is 0 Å². The van der Waals surface area contributed by atoms with Gasteiger partial charge in [-0.2, -0.15) is 5.26 Å². The van der Waals surface area contributed by atoms with E-state index in [1.54, 1.807) is 12.1 Å². The Balaban J connectivity index is 2.18. The fraction of sp³-hybridized carbons (Fsp3) is 0.533. The number of halogens is 1. The van der Waals surface area contributed by atoms with Crippen LogP contribution in [-0.2, 0) is 0 Å². The van der Waals surface area contributed by atoms with Crippen molar-refractivity contribution in [1.29, 1.82) is 5.26 Å². The van der Waals surface area contributed by atoms with Crippen LogP contribution in [0.5, 0.6) is 0 Å². The second kappa shape index (κ2) is 5.86. The highest BCUT2D eigenvalue weighted by atomic mass is 19.1. The van der Waals surface area contributed by atoms with E-state index in [9.17, 15) is 4.39 Å². The number of hydrogen-bond donors (Lipinski definition) is 1. The highest BCUT2D eigenvalue weighted by molar-refractivity contribution is 5.58. The molecule has 2 nitrogen and oxygen atoms in total. The van der Waals surface area contributed by atoms with E-state index in [0.29, 0.717) is 17.6 Å². The third-order valence-electron chi connectivity index (χ3n) is 3.83. The Morgan fingerprint density at radius 2 is 2.06 bits per heavy atom. The van der Waals surface area contributed by atoms with Crippen LogP contribution in [0.4, 0.5) is 10.1 Å². The van der Waals surface area contributed by atoms with Crippen molar-refractivity contribution in [1.82, 2.24) is 0 Å². The third-order valence-corrected chi connectivity index (χ3v) is 3.83. The van der Waals surface area contributed by atoms with Crippen LogP contribution in [0.3, 0.4) is 0 Å². The van der Waals surface area contributed by atoms with Crippen molar-refractivity contribution in [2.45, 2.75) is 45.1 Å². The van der Waals surface area contributed by atoms with Gasteiger partial charge >= 0.3 is 0 Å². The molecule has 0 saturated heterocycles. The Hall–Kier alpha value is -1.56. The van der Waals surface area contributed by atoms with Crippen LogP contribution in [0.1, 0.15) is 44.6 Å². The molecule has 0 spiro atoms. The first-order valence-electron chi connectivity index (χ1n) is 6.67. The quantitative estimate of drug-likeness (QED) is 0.798. The minimum absolute atomic E-state index is 0.133. The van der Waals surface area contributed by atoms with Crippen molar-refractivity contribution in [3.63, 3.8) is 0 Å². The van der Waals surface area contributed by atoms with Crippen LogP contribution in [0.2, 0.25) is 0 Å². The van der Waals surface area contributed by atoms with Crippen molar-refractivity contribution < 1.29 is 4.39 Å². The zero-order valence-corrected chi connectivity index (χ0v) is 10.7. The summed E-state index contributed by atoms with van der Waals surface area (Å²) < 4.78 is 13.5. The Bertz CT molecular complexity index is 450. The molecule has 3 heteroatoms. The summed E-state index contributed by atoms with van der Waals surface area (Å²) in [4.78, 5) is 0. The molecule has 0 aromatic heterocycles. The molecule has 96 valence electrons. The number of hydrogen-bond acceptors (Lipinski definition) is 2. The molecule has 2 unspecified atom stereocenters. The first-order chi connectivity index (χ1) is 8.72. The first kappa shape index (κ1) is 12.9. The van der Waals surface area contributed by atoms with Gasteiger partial charge in [-0.25, -0.2) is 4.39 Å². The zero-order chi connectivity index (χ0) is 13.0. The van der Waals surface area contributed by atoms with E-state index in [0.717, 1.165) is 6.42 Å². The first-order valence-corrected chi connectivity index (χ1v) is 6.67. The molecule has 1 aliphatic carbocycles. The maximum Gasteiger partial charge on any atom is 0.143 e. The molecule has 1 fully saturated rings. The standard InChI is InChI=1S/C15H19FN2/c1-11-6-3-2-4-8-14(11)18-15-9-5-7-13(16)12(15)10-17/h5,7,9,11,14,18H,2-4,6,8H2,1H3. The van der Waals surface area contributed by atoms with E-state index in [1.165, 1.54) is 31.7 Å². The van der Waals surface area contributed by atoms with Crippen molar-refractivity contribution >= 4 is 5.69 Å². The van der Waals surface area contributed by atoms with Crippen molar-refractivity contribution in [2.75, 3.05) is 5.32 Å². The molecular weight excluding hydrogens is 227 g/mol. The van der Waals surface area contributed by atoms with E-state index in [-0.39, 0.29) is 5.56 Å². The average Bonchev–Trinajstić information content (AvgIpc) is 2.55. The van der Waals surface area contributed by atoms with Gasteiger partial charge in [0.1, 0.15) is 17.4 Å². The SMILES string of the molecule is CC1CCCCCC1Nc1cccc(F)c1C#N. The van der Waals surface area contributed by atoms with E-state index in [2.05, 4.69) is 12.2 Å². The van der Waals surface area contributed by atoms with Gasteiger partial charge in [0.2, 0.25) is 0 Å². The molecule has 1 aromatic rings. The Morgan fingerprint density at radius 3 is 2.83 bits per heavy atom. The van der Waals surface area contributed by atoms with E-state index >= 15 is 0 Å². The van der Waals surface area contributed by atoms with Crippen LogP contribution in [0, 0.1) is 23.1 Å². The number of nitrogens with one attached hydrogen (secondary N) is 1. The van der Waals surface area contributed by atoms with E-state index < -0.39 is 5.82 Å². The van der Waals surface area contributed by atoms with Crippen LogP contribution in [0.25, 0.3) is 0 Å². The summed E-state index contributed by atoms with van der Waals surface area (Å²) in [5.74, 6) is 0.131. The number of benzene rings is 1. The molecule has 0 heterocycles. The molecule has 1 saturated carbocycles. The normalized spacial score (nSPS) is 24.1. The Labute approximate surface area is 108 Å². The van der Waals surface area contributed by atoms with Crippen molar-refractivity contribution in [3.05, 3.63) is 29.6 Å². The molecule has 1 aliphatic rings. The van der Waals surface area contributed by atoms with E-state index in [4.69, 9.17) is 5.26 Å². The average molecular weight is 246 g/mol. The summed E-state index contributed by atoms with van der Waals surface area (Å²) >= 11 is 0. The molecular formula is C15H19FN2. The van der Waals surface area contributed by atoms with Crippen molar-refractivity contribution in [3.8, 4) is 6.07 Å². The number of nitriles is 1. The summed E-state index contributed by atoms with van der Waals surface area (Å²) in [6.07, 6.45) is 6.06. The number of nitrogens with zero attached hydrogens (tertiary/aromatic N) is 1. The topological polar surface area (TPSA) is 35.8 Å². The molecule has 2 rings (SSSR count). The molecule has 2 atom stereocenters. The predicted molar refractivity (Wildman–Crippen MR) is 70.8 cm³/mol. The summed E-state index contributed by atoms with van der Waals surface area (Å²) in [6.45, 7) is 2.23. The van der Waals surface area contributed by atoms with Crippen LogP contribution in [0.15, 0.2) is 18.2 Å². The zero-order valence-electron chi connectivity index (χ0n) is 10.7. The fourth-order valence-corrected chi connectivity index (χ4v) is 2.67. The summed E-state index contributed by atoms with van der Waals surface area (Å²) in [5.41, 5.74) is 0.769. The molecule has 0 amide bonds. The molecule has 0 aliphatic heterocycles. The smallest absolute Gasteiger partial charge is 0.143 e. The second-order valence-electron chi connectivity index (χ2n) is 5.14. The van der Waals surface area contributed by atoms with Crippen LogP contribution >= 0.6 is 0 Å². The molecule has 1 aromatic carbocycles. The maximum absolute atomic E-state index is 13.5.